The lowest BCUT2D eigenvalue weighted by Gasteiger charge is -2.31. The second-order valence-corrected chi connectivity index (χ2v) is 7.12. The lowest BCUT2D eigenvalue weighted by atomic mass is 9.92. The molecule has 1 aliphatic rings. The molecule has 1 aromatic heterocycles. The van der Waals surface area contributed by atoms with Crippen LogP contribution in [0.1, 0.15) is 68.8 Å². The summed E-state index contributed by atoms with van der Waals surface area (Å²) in [6, 6.07) is 5.71. The monoisotopic (exact) mass is 344 g/mol. The fraction of sp³-hybridized carbons (Fsp3) is 0.579. The molecule has 1 saturated carbocycles. The summed E-state index contributed by atoms with van der Waals surface area (Å²) >= 11 is 0. The first-order valence-corrected chi connectivity index (χ1v) is 9.30. The summed E-state index contributed by atoms with van der Waals surface area (Å²) in [6.07, 6.45) is 5.98. The Morgan fingerprint density at radius 3 is 2.60 bits per heavy atom. The van der Waals surface area contributed by atoms with E-state index in [4.69, 9.17) is 5.73 Å². The Kier molecular flexibility index (Phi) is 4.99. The van der Waals surface area contributed by atoms with Crippen molar-refractivity contribution in [3.63, 3.8) is 0 Å². The first-order chi connectivity index (χ1) is 12.0. The van der Waals surface area contributed by atoms with Crippen molar-refractivity contribution >= 4 is 16.9 Å². The topological polar surface area (TPSA) is 92.9 Å². The number of hydrogen-bond donors (Lipinski definition) is 3. The van der Waals surface area contributed by atoms with Gasteiger partial charge in [0.2, 0.25) is 0 Å². The average molecular weight is 344 g/mol. The van der Waals surface area contributed by atoms with Crippen molar-refractivity contribution in [2.24, 2.45) is 5.73 Å². The summed E-state index contributed by atoms with van der Waals surface area (Å²) in [4.78, 5) is 27.9. The van der Waals surface area contributed by atoms with Crippen LogP contribution in [0.4, 0.5) is 0 Å². The SMILES string of the molecule is CCC(CC)(CN)NC(=O)c1ccc2c(c1)[nH]c(=O)n2C1CCCC1. The largest absolute Gasteiger partial charge is 0.345 e. The zero-order valence-corrected chi connectivity index (χ0v) is 15.1. The Balaban J connectivity index is 1.91. The summed E-state index contributed by atoms with van der Waals surface area (Å²) in [7, 11) is 0. The zero-order chi connectivity index (χ0) is 18.0. The number of nitrogens with two attached hydrogens (primary N) is 1. The van der Waals surface area contributed by atoms with E-state index >= 15 is 0 Å². The van der Waals surface area contributed by atoms with Gasteiger partial charge >= 0.3 is 5.69 Å². The minimum absolute atomic E-state index is 0.0853. The Bertz CT molecular complexity index is 802. The third-order valence-corrected chi connectivity index (χ3v) is 5.79. The maximum atomic E-state index is 12.7. The van der Waals surface area contributed by atoms with Crippen molar-refractivity contribution in [3.05, 3.63) is 34.2 Å². The van der Waals surface area contributed by atoms with Crippen molar-refractivity contribution in [1.29, 1.82) is 0 Å². The summed E-state index contributed by atoms with van der Waals surface area (Å²) in [5, 5.41) is 3.07. The first-order valence-electron chi connectivity index (χ1n) is 9.30. The van der Waals surface area contributed by atoms with Crippen LogP contribution in [0.5, 0.6) is 0 Å². The Labute approximate surface area is 147 Å². The van der Waals surface area contributed by atoms with Crippen LogP contribution in [0, 0.1) is 0 Å². The first kappa shape index (κ1) is 17.7. The fourth-order valence-corrected chi connectivity index (χ4v) is 3.88. The highest BCUT2D eigenvalue weighted by Gasteiger charge is 2.27. The van der Waals surface area contributed by atoms with E-state index in [1.165, 1.54) is 12.8 Å². The molecule has 1 aliphatic carbocycles. The van der Waals surface area contributed by atoms with Gasteiger partial charge in [0.25, 0.3) is 5.91 Å². The molecule has 3 rings (SSSR count). The number of aromatic nitrogens is 2. The van der Waals surface area contributed by atoms with Gasteiger partial charge in [0.15, 0.2) is 0 Å². The number of aromatic amines is 1. The van der Waals surface area contributed by atoms with Crippen LogP contribution in [-0.2, 0) is 0 Å². The van der Waals surface area contributed by atoms with Gasteiger partial charge in [-0.2, -0.15) is 0 Å². The number of imidazole rings is 1. The number of H-pyrrole nitrogens is 1. The summed E-state index contributed by atoms with van der Waals surface area (Å²) in [5.74, 6) is -0.148. The minimum Gasteiger partial charge on any atom is -0.345 e. The average Bonchev–Trinajstić information content (AvgIpc) is 3.25. The van der Waals surface area contributed by atoms with Crippen molar-refractivity contribution in [3.8, 4) is 0 Å². The van der Waals surface area contributed by atoms with E-state index in [9.17, 15) is 9.59 Å². The Morgan fingerprint density at radius 1 is 1.32 bits per heavy atom. The highest BCUT2D eigenvalue weighted by atomic mass is 16.2. The number of fused-ring (bicyclic) bond motifs is 1. The normalized spacial score (nSPS) is 15.8. The van der Waals surface area contributed by atoms with Gasteiger partial charge in [-0.1, -0.05) is 26.7 Å². The van der Waals surface area contributed by atoms with Gasteiger partial charge in [-0.3, -0.25) is 9.36 Å². The molecule has 4 N–H and O–H groups in total. The number of benzene rings is 1. The van der Waals surface area contributed by atoms with Crippen LogP contribution in [0.2, 0.25) is 0 Å². The highest BCUT2D eigenvalue weighted by Crippen LogP contribution is 2.30. The van der Waals surface area contributed by atoms with Crippen LogP contribution in [0.15, 0.2) is 23.0 Å². The molecule has 136 valence electrons. The lowest BCUT2D eigenvalue weighted by Crippen LogP contribution is -2.52. The van der Waals surface area contributed by atoms with E-state index in [1.807, 2.05) is 24.5 Å². The third-order valence-electron chi connectivity index (χ3n) is 5.79. The number of carbonyl (C=O) groups excluding carboxylic acids is 1. The van der Waals surface area contributed by atoms with E-state index in [-0.39, 0.29) is 23.2 Å². The second kappa shape index (κ2) is 7.04. The van der Waals surface area contributed by atoms with E-state index in [0.717, 1.165) is 36.7 Å². The van der Waals surface area contributed by atoms with Gasteiger partial charge in [0, 0.05) is 18.2 Å². The fourth-order valence-electron chi connectivity index (χ4n) is 3.88. The van der Waals surface area contributed by atoms with Gasteiger partial charge in [-0.25, -0.2) is 4.79 Å². The van der Waals surface area contributed by atoms with Crippen LogP contribution < -0.4 is 16.7 Å². The predicted octanol–water partition coefficient (Wildman–Crippen LogP) is 2.69. The highest BCUT2D eigenvalue weighted by molar-refractivity contribution is 5.97. The zero-order valence-electron chi connectivity index (χ0n) is 15.1. The van der Waals surface area contributed by atoms with Gasteiger partial charge in [-0.05, 0) is 43.9 Å². The van der Waals surface area contributed by atoms with Gasteiger partial charge in [-0.15, -0.1) is 0 Å². The molecule has 2 aromatic rings. The van der Waals surface area contributed by atoms with Gasteiger partial charge < -0.3 is 16.0 Å². The van der Waals surface area contributed by atoms with Crippen LogP contribution in [0.25, 0.3) is 11.0 Å². The van der Waals surface area contributed by atoms with Crippen LogP contribution in [-0.4, -0.2) is 27.5 Å². The van der Waals surface area contributed by atoms with Crippen molar-refractivity contribution in [2.75, 3.05) is 6.54 Å². The molecule has 25 heavy (non-hydrogen) atoms. The molecule has 0 bridgehead atoms. The Hall–Kier alpha value is -2.08. The number of carbonyl (C=O) groups is 1. The van der Waals surface area contributed by atoms with E-state index < -0.39 is 0 Å². The van der Waals surface area contributed by atoms with E-state index in [2.05, 4.69) is 10.3 Å². The number of nitrogens with one attached hydrogen (secondary N) is 2. The number of rotatable bonds is 6. The maximum absolute atomic E-state index is 12.7. The quantitative estimate of drug-likeness (QED) is 0.752. The molecule has 0 spiro atoms. The van der Waals surface area contributed by atoms with Crippen molar-refractivity contribution in [1.82, 2.24) is 14.9 Å². The third kappa shape index (κ3) is 3.23. The standard InChI is InChI=1S/C19H28N4O2/c1-3-19(4-2,12-20)22-17(24)13-9-10-16-15(11-13)21-18(25)23(16)14-7-5-6-8-14/h9-11,14H,3-8,12,20H2,1-2H3,(H,21,25)(H,22,24). The maximum Gasteiger partial charge on any atom is 0.326 e. The summed E-state index contributed by atoms with van der Waals surface area (Å²) < 4.78 is 1.85. The van der Waals surface area contributed by atoms with E-state index in [0.29, 0.717) is 12.1 Å². The number of nitrogens with zero attached hydrogens (tertiary/aromatic N) is 1. The molecule has 0 saturated heterocycles. The molecule has 1 fully saturated rings. The van der Waals surface area contributed by atoms with Crippen molar-refractivity contribution in [2.45, 2.75) is 64.0 Å². The van der Waals surface area contributed by atoms with Crippen molar-refractivity contribution < 1.29 is 4.79 Å². The molecule has 0 radical (unpaired) electrons. The predicted molar refractivity (Wildman–Crippen MR) is 99.9 cm³/mol. The number of hydrogen-bond acceptors (Lipinski definition) is 3. The smallest absolute Gasteiger partial charge is 0.326 e. The second-order valence-electron chi connectivity index (χ2n) is 7.12. The molecule has 6 nitrogen and oxygen atoms in total. The summed E-state index contributed by atoms with van der Waals surface area (Å²) in [5.41, 5.74) is 7.55. The minimum atomic E-state index is -0.380. The molecule has 1 heterocycles. The number of amides is 1. The lowest BCUT2D eigenvalue weighted by molar-refractivity contribution is 0.0895. The molecular formula is C19H28N4O2. The van der Waals surface area contributed by atoms with Crippen LogP contribution in [0.3, 0.4) is 0 Å². The molecule has 6 heteroatoms. The molecule has 1 aromatic carbocycles. The molecule has 0 atom stereocenters. The van der Waals surface area contributed by atoms with Crippen LogP contribution >= 0.6 is 0 Å². The molecule has 0 unspecified atom stereocenters. The Morgan fingerprint density at radius 2 is 2.00 bits per heavy atom. The van der Waals surface area contributed by atoms with E-state index in [1.54, 1.807) is 12.1 Å². The van der Waals surface area contributed by atoms with Gasteiger partial charge in [0.1, 0.15) is 0 Å². The summed E-state index contributed by atoms with van der Waals surface area (Å²) in [6.45, 7) is 4.46. The molecule has 0 aliphatic heterocycles. The molecular weight excluding hydrogens is 316 g/mol. The molecule has 1 amide bonds. The van der Waals surface area contributed by atoms with Gasteiger partial charge in [0.05, 0.1) is 16.6 Å².